The van der Waals surface area contributed by atoms with Crippen LogP contribution in [-0.2, 0) is 11.3 Å². The molecule has 0 bridgehead atoms. The summed E-state index contributed by atoms with van der Waals surface area (Å²) in [5, 5.41) is 15.7. The molecule has 1 aromatic rings. The van der Waals surface area contributed by atoms with Gasteiger partial charge in [-0.25, -0.2) is 0 Å². The van der Waals surface area contributed by atoms with Crippen LogP contribution < -0.4 is 10.6 Å². The molecule has 0 heterocycles. The first kappa shape index (κ1) is 14.5. The molecule has 0 aliphatic rings. The highest BCUT2D eigenvalue weighted by molar-refractivity contribution is 5.77. The highest BCUT2D eigenvalue weighted by atomic mass is 16.3. The van der Waals surface area contributed by atoms with E-state index in [0.29, 0.717) is 25.4 Å². The predicted molar refractivity (Wildman–Crippen MR) is 72.4 cm³/mol. The van der Waals surface area contributed by atoms with Gasteiger partial charge in [-0.1, -0.05) is 31.5 Å². The Morgan fingerprint density at radius 2 is 2.06 bits per heavy atom. The summed E-state index contributed by atoms with van der Waals surface area (Å²) in [6.45, 7) is 7.62. The number of amides is 1. The van der Waals surface area contributed by atoms with Crippen molar-refractivity contribution < 1.29 is 9.90 Å². The smallest absolute Gasteiger partial charge is 0.222 e. The molecule has 0 unspecified atom stereocenters. The Balaban J connectivity index is 2.26. The average Bonchev–Trinajstić information content (AvgIpc) is 2.32. The molecule has 0 saturated heterocycles. The summed E-state index contributed by atoms with van der Waals surface area (Å²) in [7, 11) is 0. The molecule has 0 aliphatic carbocycles. The first-order chi connectivity index (χ1) is 8.50. The molecule has 0 fully saturated rings. The maximum absolute atomic E-state index is 11.3. The number of carbonyl (C=O) groups is 1. The Hall–Kier alpha value is -1.55. The molecule has 0 aliphatic heterocycles. The number of phenols is 1. The number of carbonyl (C=O) groups excluding carboxylic acids is 1. The van der Waals surface area contributed by atoms with Crippen LogP contribution in [0.15, 0.2) is 18.2 Å². The molecule has 0 radical (unpaired) electrons. The minimum absolute atomic E-state index is 0.0193. The maximum atomic E-state index is 11.3. The predicted octanol–water partition coefficient (Wildman–Crippen LogP) is 1.56. The lowest BCUT2D eigenvalue weighted by Crippen LogP contribution is -2.34. The maximum Gasteiger partial charge on any atom is 0.222 e. The minimum Gasteiger partial charge on any atom is -0.508 e. The summed E-state index contributed by atoms with van der Waals surface area (Å²) in [5.74, 6) is 0.389. The molecule has 0 aromatic heterocycles. The van der Waals surface area contributed by atoms with Crippen LogP contribution in [0.1, 0.15) is 25.0 Å². The fraction of sp³-hybridized carbons (Fsp3) is 0.500. The highest BCUT2D eigenvalue weighted by Gasteiger charge is 2.05. The van der Waals surface area contributed by atoms with E-state index in [1.54, 1.807) is 6.07 Å². The molecule has 1 amide bonds. The lowest BCUT2D eigenvalue weighted by atomic mass is 10.1. The van der Waals surface area contributed by atoms with Crippen LogP contribution in [0.2, 0.25) is 0 Å². The number of phenolic OH excluding ortho intramolecular Hbond substituents is 1. The molecule has 4 nitrogen and oxygen atoms in total. The molecular formula is C14H22N2O2. The van der Waals surface area contributed by atoms with Crippen LogP contribution in [0.25, 0.3) is 0 Å². The van der Waals surface area contributed by atoms with Crippen molar-refractivity contribution in [1.29, 1.82) is 0 Å². The Morgan fingerprint density at radius 3 is 2.72 bits per heavy atom. The monoisotopic (exact) mass is 250 g/mol. The topological polar surface area (TPSA) is 61.4 Å². The largest absolute Gasteiger partial charge is 0.508 e. The first-order valence-electron chi connectivity index (χ1n) is 6.27. The molecule has 100 valence electrons. The number of hydrogen-bond acceptors (Lipinski definition) is 3. The van der Waals surface area contributed by atoms with Crippen LogP contribution >= 0.6 is 0 Å². The highest BCUT2D eigenvalue weighted by Crippen LogP contribution is 2.17. The van der Waals surface area contributed by atoms with Crippen molar-refractivity contribution in [1.82, 2.24) is 10.6 Å². The average molecular weight is 250 g/mol. The van der Waals surface area contributed by atoms with Gasteiger partial charge in [0, 0.05) is 31.1 Å². The Bertz CT molecular complexity index is 403. The van der Waals surface area contributed by atoms with Crippen molar-refractivity contribution in [3.05, 3.63) is 29.3 Å². The summed E-state index contributed by atoms with van der Waals surface area (Å²) >= 11 is 0. The van der Waals surface area contributed by atoms with Gasteiger partial charge in [-0.15, -0.1) is 0 Å². The van der Waals surface area contributed by atoms with Crippen LogP contribution in [0.5, 0.6) is 5.75 Å². The van der Waals surface area contributed by atoms with E-state index >= 15 is 0 Å². The SMILES string of the molecule is Cc1ccc(O)c(CNCCNC(=O)C(C)C)c1. The van der Waals surface area contributed by atoms with Gasteiger partial charge in [0.1, 0.15) is 5.75 Å². The molecule has 18 heavy (non-hydrogen) atoms. The number of rotatable bonds is 6. The van der Waals surface area contributed by atoms with E-state index in [1.165, 1.54) is 0 Å². The number of benzene rings is 1. The minimum atomic E-state index is 0.0193. The van der Waals surface area contributed by atoms with Crippen molar-refractivity contribution >= 4 is 5.91 Å². The summed E-state index contributed by atoms with van der Waals surface area (Å²) in [5.41, 5.74) is 2.00. The van der Waals surface area contributed by atoms with Crippen molar-refractivity contribution in [2.75, 3.05) is 13.1 Å². The van der Waals surface area contributed by atoms with Crippen LogP contribution in [0, 0.1) is 12.8 Å². The lowest BCUT2D eigenvalue weighted by molar-refractivity contribution is -0.123. The molecule has 1 aromatic carbocycles. The van der Waals surface area contributed by atoms with Crippen molar-refractivity contribution in [2.24, 2.45) is 5.92 Å². The van der Waals surface area contributed by atoms with Gasteiger partial charge >= 0.3 is 0 Å². The Kier molecular flexibility index (Phi) is 5.65. The third kappa shape index (κ3) is 4.75. The molecule has 3 N–H and O–H groups in total. The van der Waals surface area contributed by atoms with E-state index in [0.717, 1.165) is 11.1 Å². The van der Waals surface area contributed by atoms with E-state index in [1.807, 2.05) is 32.9 Å². The second-order valence-corrected chi connectivity index (χ2v) is 4.75. The van der Waals surface area contributed by atoms with E-state index < -0.39 is 0 Å². The molecule has 1 rings (SSSR count). The van der Waals surface area contributed by atoms with Gasteiger partial charge < -0.3 is 15.7 Å². The van der Waals surface area contributed by atoms with Crippen molar-refractivity contribution in [3.8, 4) is 5.75 Å². The van der Waals surface area contributed by atoms with Crippen LogP contribution in [0.4, 0.5) is 0 Å². The van der Waals surface area contributed by atoms with E-state index in [9.17, 15) is 9.90 Å². The zero-order chi connectivity index (χ0) is 13.5. The van der Waals surface area contributed by atoms with Crippen LogP contribution in [0.3, 0.4) is 0 Å². The first-order valence-corrected chi connectivity index (χ1v) is 6.27. The van der Waals surface area contributed by atoms with E-state index in [2.05, 4.69) is 10.6 Å². The van der Waals surface area contributed by atoms with Gasteiger partial charge in [0.2, 0.25) is 5.91 Å². The van der Waals surface area contributed by atoms with Gasteiger partial charge in [0.15, 0.2) is 0 Å². The third-order valence-corrected chi connectivity index (χ3v) is 2.68. The number of aromatic hydroxyl groups is 1. The van der Waals surface area contributed by atoms with Crippen molar-refractivity contribution in [3.63, 3.8) is 0 Å². The molecule has 0 spiro atoms. The van der Waals surface area contributed by atoms with Gasteiger partial charge in [0.25, 0.3) is 0 Å². The molecular weight excluding hydrogens is 228 g/mol. The second kappa shape index (κ2) is 7.01. The molecule has 0 atom stereocenters. The summed E-state index contributed by atoms with van der Waals surface area (Å²) < 4.78 is 0. The zero-order valence-electron chi connectivity index (χ0n) is 11.3. The fourth-order valence-electron chi connectivity index (χ4n) is 1.56. The summed E-state index contributed by atoms with van der Waals surface area (Å²) in [6.07, 6.45) is 0. The second-order valence-electron chi connectivity index (χ2n) is 4.75. The normalized spacial score (nSPS) is 10.7. The quantitative estimate of drug-likeness (QED) is 0.671. The number of aryl methyl sites for hydroxylation is 1. The third-order valence-electron chi connectivity index (χ3n) is 2.68. The molecule has 4 heteroatoms. The standard InChI is InChI=1S/C14H22N2O2/c1-10(2)14(18)16-7-6-15-9-12-8-11(3)4-5-13(12)17/h4-5,8,10,15,17H,6-7,9H2,1-3H3,(H,16,18). The molecule has 0 saturated carbocycles. The number of hydrogen-bond donors (Lipinski definition) is 3. The number of nitrogens with one attached hydrogen (secondary N) is 2. The van der Waals surface area contributed by atoms with Gasteiger partial charge in [0.05, 0.1) is 0 Å². The van der Waals surface area contributed by atoms with Gasteiger partial charge in [-0.2, -0.15) is 0 Å². The van der Waals surface area contributed by atoms with E-state index in [4.69, 9.17) is 0 Å². The van der Waals surface area contributed by atoms with Crippen LogP contribution in [-0.4, -0.2) is 24.1 Å². The van der Waals surface area contributed by atoms with Crippen molar-refractivity contribution in [2.45, 2.75) is 27.3 Å². The lowest BCUT2D eigenvalue weighted by Gasteiger charge is -2.10. The van der Waals surface area contributed by atoms with E-state index in [-0.39, 0.29) is 11.8 Å². The summed E-state index contributed by atoms with van der Waals surface area (Å²) in [4.78, 5) is 11.3. The Labute approximate surface area is 108 Å². The fourth-order valence-corrected chi connectivity index (χ4v) is 1.56. The van der Waals surface area contributed by atoms with Gasteiger partial charge in [-0.05, 0) is 13.0 Å². The Morgan fingerprint density at radius 1 is 1.33 bits per heavy atom. The summed E-state index contributed by atoms with van der Waals surface area (Å²) in [6, 6.07) is 5.53. The zero-order valence-corrected chi connectivity index (χ0v) is 11.3. The van der Waals surface area contributed by atoms with Gasteiger partial charge in [-0.3, -0.25) is 4.79 Å².